The van der Waals surface area contributed by atoms with E-state index in [0.29, 0.717) is 50.1 Å². The Hall–Kier alpha value is -1.34. The molecule has 0 spiro atoms. The Balaban J connectivity index is 1.57. The van der Waals surface area contributed by atoms with Crippen LogP contribution in [0.15, 0.2) is 24.3 Å². The molecule has 0 radical (unpaired) electrons. The third-order valence-electron chi connectivity index (χ3n) is 5.79. The third-order valence-corrected chi connectivity index (χ3v) is 6.02. The number of piperidine rings is 1. The third kappa shape index (κ3) is 3.12. The number of ether oxygens (including phenoxy) is 2. The Kier molecular flexibility index (Phi) is 4.62. The first-order chi connectivity index (χ1) is 12.1. The Morgan fingerprint density at radius 1 is 1.32 bits per heavy atom. The molecule has 3 fully saturated rings. The van der Waals surface area contributed by atoms with Crippen molar-refractivity contribution >= 4 is 23.3 Å². The number of carbonyl (C=O) groups excluding carboxylic acids is 1. The van der Waals surface area contributed by atoms with Crippen molar-refractivity contribution in [2.75, 3.05) is 38.3 Å². The van der Waals surface area contributed by atoms with Crippen molar-refractivity contribution in [2.45, 2.75) is 24.5 Å². The fourth-order valence-electron chi connectivity index (χ4n) is 4.45. The van der Waals surface area contributed by atoms with Crippen LogP contribution < -0.4 is 5.32 Å². The molecule has 1 aromatic carbocycles. The van der Waals surface area contributed by atoms with Crippen LogP contribution in [-0.2, 0) is 9.47 Å². The lowest BCUT2D eigenvalue weighted by Gasteiger charge is -2.56. The van der Waals surface area contributed by atoms with Gasteiger partial charge in [-0.2, -0.15) is 0 Å². The molecule has 2 amide bonds. The second-order valence-corrected chi connectivity index (χ2v) is 7.58. The number of anilines is 1. The molecule has 2 N–H and O–H groups in total. The van der Waals surface area contributed by atoms with Crippen molar-refractivity contribution in [3.63, 3.8) is 0 Å². The number of carbonyl (C=O) groups is 1. The monoisotopic (exact) mass is 366 g/mol. The highest BCUT2D eigenvalue weighted by molar-refractivity contribution is 6.30. The molecule has 0 unspecified atom stereocenters. The van der Waals surface area contributed by atoms with E-state index in [1.54, 1.807) is 18.2 Å². The second kappa shape index (κ2) is 6.76. The summed E-state index contributed by atoms with van der Waals surface area (Å²) in [5.74, 6) is -0.164. The van der Waals surface area contributed by atoms with Crippen LogP contribution in [0.5, 0.6) is 0 Å². The predicted molar refractivity (Wildman–Crippen MR) is 93.8 cm³/mol. The number of aliphatic hydroxyl groups is 1. The van der Waals surface area contributed by atoms with Gasteiger partial charge in [-0.1, -0.05) is 17.7 Å². The number of fused-ring (bicyclic) bond motifs is 3. The molecule has 136 valence electrons. The number of hydrogen-bond donors (Lipinski definition) is 2. The maximum absolute atomic E-state index is 12.9. The van der Waals surface area contributed by atoms with Gasteiger partial charge in [0, 0.05) is 54.8 Å². The number of nitrogens with one attached hydrogen (secondary N) is 1. The van der Waals surface area contributed by atoms with E-state index < -0.39 is 5.60 Å². The van der Waals surface area contributed by atoms with Crippen LogP contribution in [0.2, 0.25) is 5.02 Å². The molecule has 4 rings (SSSR count). The van der Waals surface area contributed by atoms with Crippen molar-refractivity contribution in [1.82, 2.24) is 4.90 Å². The summed E-state index contributed by atoms with van der Waals surface area (Å²) < 4.78 is 11.2. The van der Waals surface area contributed by atoms with Gasteiger partial charge in [-0.25, -0.2) is 4.79 Å². The van der Waals surface area contributed by atoms with E-state index in [2.05, 4.69) is 5.32 Å². The molecule has 3 heterocycles. The van der Waals surface area contributed by atoms with Gasteiger partial charge in [0.15, 0.2) is 0 Å². The smallest absolute Gasteiger partial charge is 0.322 e. The summed E-state index contributed by atoms with van der Waals surface area (Å²) in [7, 11) is 0. The number of halogens is 1. The molecule has 0 aromatic heterocycles. The Morgan fingerprint density at radius 2 is 2.16 bits per heavy atom. The van der Waals surface area contributed by atoms with Gasteiger partial charge in [-0.05, 0) is 24.6 Å². The lowest BCUT2D eigenvalue weighted by molar-refractivity contribution is -0.211. The topological polar surface area (TPSA) is 71.0 Å². The van der Waals surface area contributed by atoms with Gasteiger partial charge in [-0.3, -0.25) is 0 Å². The second-order valence-electron chi connectivity index (χ2n) is 7.14. The van der Waals surface area contributed by atoms with Crippen molar-refractivity contribution < 1.29 is 19.4 Å². The van der Waals surface area contributed by atoms with Crippen molar-refractivity contribution in [3.8, 4) is 0 Å². The van der Waals surface area contributed by atoms with Crippen LogP contribution in [-0.4, -0.2) is 60.7 Å². The first-order valence-corrected chi connectivity index (χ1v) is 9.17. The Bertz CT molecular complexity index is 658. The van der Waals surface area contributed by atoms with Crippen molar-refractivity contribution in [3.05, 3.63) is 29.3 Å². The van der Waals surface area contributed by atoms with E-state index in [9.17, 15) is 9.90 Å². The lowest BCUT2D eigenvalue weighted by Crippen LogP contribution is -2.69. The fourth-order valence-corrected chi connectivity index (χ4v) is 4.64. The molecule has 3 saturated heterocycles. The zero-order valence-electron chi connectivity index (χ0n) is 14.0. The van der Waals surface area contributed by atoms with Crippen LogP contribution in [0.3, 0.4) is 0 Å². The zero-order chi connectivity index (χ0) is 17.4. The summed E-state index contributed by atoms with van der Waals surface area (Å²) in [5.41, 5.74) is -0.141. The average Bonchev–Trinajstić information content (AvgIpc) is 2.61. The molecule has 1 aromatic rings. The van der Waals surface area contributed by atoms with E-state index in [-0.39, 0.29) is 23.9 Å². The van der Waals surface area contributed by atoms with Crippen LogP contribution in [0, 0.1) is 11.8 Å². The van der Waals surface area contributed by atoms with Gasteiger partial charge in [0.25, 0.3) is 0 Å². The number of nitrogens with zero attached hydrogens (tertiary/aromatic N) is 1. The van der Waals surface area contributed by atoms with Crippen LogP contribution >= 0.6 is 11.6 Å². The highest BCUT2D eigenvalue weighted by Gasteiger charge is 2.56. The van der Waals surface area contributed by atoms with E-state index in [0.717, 1.165) is 6.42 Å². The Labute approximate surface area is 152 Å². The van der Waals surface area contributed by atoms with E-state index in [4.69, 9.17) is 21.1 Å². The molecule has 3 aliphatic rings. The number of benzene rings is 1. The maximum atomic E-state index is 12.9. The average molecular weight is 367 g/mol. The molecule has 4 atom stereocenters. The number of hydrogen-bond acceptors (Lipinski definition) is 4. The summed E-state index contributed by atoms with van der Waals surface area (Å²) in [6, 6.07) is 6.94. The van der Waals surface area contributed by atoms with E-state index in [1.165, 1.54) is 0 Å². The minimum Gasteiger partial charge on any atom is -0.389 e. The summed E-state index contributed by atoms with van der Waals surface area (Å²) in [4.78, 5) is 14.8. The molecule has 7 heteroatoms. The quantitative estimate of drug-likeness (QED) is 0.800. The number of likely N-dealkylation sites (tertiary alicyclic amines) is 1. The van der Waals surface area contributed by atoms with Gasteiger partial charge in [0.1, 0.15) is 0 Å². The van der Waals surface area contributed by atoms with Crippen LogP contribution in [0.1, 0.15) is 12.8 Å². The standard InChI is InChI=1S/C18H23ClN2O4/c19-13-2-1-3-14(8-13)20-17(22)21-9-12-10-25-7-5-18(12,23)15-11-24-6-4-16(15)21/h1-3,8,12,15-16,23H,4-7,9-11H2,(H,20,22)/t12-,15+,16-,18-/m0/s1. The molecular formula is C18H23ClN2O4. The highest BCUT2D eigenvalue weighted by Crippen LogP contribution is 2.44. The van der Waals surface area contributed by atoms with E-state index >= 15 is 0 Å². The molecule has 25 heavy (non-hydrogen) atoms. The molecular weight excluding hydrogens is 344 g/mol. The SMILES string of the molecule is O=C(Nc1cccc(Cl)c1)N1C[C@H]2COCC[C@@]2(O)[C@@H]2COCC[C@@H]21. The van der Waals surface area contributed by atoms with Crippen molar-refractivity contribution in [1.29, 1.82) is 0 Å². The van der Waals surface area contributed by atoms with Gasteiger partial charge in [0.2, 0.25) is 0 Å². The first kappa shape index (κ1) is 17.1. The van der Waals surface area contributed by atoms with Gasteiger partial charge >= 0.3 is 6.03 Å². The largest absolute Gasteiger partial charge is 0.389 e. The molecule has 6 nitrogen and oxygen atoms in total. The van der Waals surface area contributed by atoms with Crippen LogP contribution in [0.4, 0.5) is 10.5 Å². The minimum atomic E-state index is -0.809. The van der Waals surface area contributed by atoms with Crippen molar-refractivity contribution in [2.24, 2.45) is 11.8 Å². The molecule has 0 saturated carbocycles. The summed E-state index contributed by atoms with van der Waals surface area (Å²) in [6.45, 7) is 2.62. The lowest BCUT2D eigenvalue weighted by atomic mass is 9.66. The molecule has 3 aliphatic heterocycles. The summed E-state index contributed by atoms with van der Waals surface area (Å²) >= 11 is 6.00. The summed E-state index contributed by atoms with van der Waals surface area (Å²) in [6.07, 6.45) is 1.34. The van der Waals surface area contributed by atoms with Gasteiger partial charge in [0.05, 0.1) is 18.8 Å². The number of amides is 2. The zero-order valence-corrected chi connectivity index (χ0v) is 14.7. The predicted octanol–water partition coefficient (Wildman–Crippen LogP) is 2.36. The minimum absolute atomic E-state index is 0.0210. The number of rotatable bonds is 1. The van der Waals surface area contributed by atoms with E-state index in [1.807, 2.05) is 11.0 Å². The maximum Gasteiger partial charge on any atom is 0.322 e. The normalized spacial score (nSPS) is 34.8. The Morgan fingerprint density at radius 3 is 3.00 bits per heavy atom. The van der Waals surface area contributed by atoms with Gasteiger partial charge < -0.3 is 24.8 Å². The first-order valence-electron chi connectivity index (χ1n) is 8.79. The summed E-state index contributed by atoms with van der Waals surface area (Å²) in [5, 5.41) is 14.8. The number of urea groups is 1. The van der Waals surface area contributed by atoms with Crippen LogP contribution in [0.25, 0.3) is 0 Å². The molecule has 0 bridgehead atoms. The highest BCUT2D eigenvalue weighted by atomic mass is 35.5. The fraction of sp³-hybridized carbons (Fsp3) is 0.611. The molecule has 0 aliphatic carbocycles. The van der Waals surface area contributed by atoms with Gasteiger partial charge in [-0.15, -0.1) is 0 Å².